The molecule has 0 unspecified atom stereocenters. The van der Waals surface area contributed by atoms with Gasteiger partial charge < -0.3 is 10.1 Å². The summed E-state index contributed by atoms with van der Waals surface area (Å²) in [5.74, 6) is 0.669. The molecule has 0 spiro atoms. The van der Waals surface area contributed by atoms with Gasteiger partial charge in [-0.3, -0.25) is 4.79 Å². The molecule has 0 aliphatic heterocycles. The fraction of sp³-hybridized carbons (Fsp3) is 0.357. The van der Waals surface area contributed by atoms with Gasteiger partial charge in [0.05, 0.1) is 12.2 Å². The molecular formula is C14H17N3O2S. The number of carbonyl (C=O) groups excluding carboxylic acids is 1. The summed E-state index contributed by atoms with van der Waals surface area (Å²) >= 11 is 1.12. The SMILES string of the molecule is CCc1nnsc1C(=O)NCCOc1ccc(C)cc1. The lowest BCUT2D eigenvalue weighted by atomic mass is 10.2. The minimum Gasteiger partial charge on any atom is -0.492 e. The van der Waals surface area contributed by atoms with Crippen LogP contribution in [-0.4, -0.2) is 28.6 Å². The molecule has 2 aromatic rings. The molecular weight excluding hydrogens is 274 g/mol. The van der Waals surface area contributed by atoms with Crippen molar-refractivity contribution >= 4 is 17.4 Å². The molecule has 1 heterocycles. The summed E-state index contributed by atoms with van der Waals surface area (Å²) < 4.78 is 9.34. The minimum absolute atomic E-state index is 0.135. The van der Waals surface area contributed by atoms with Gasteiger partial charge in [-0.15, -0.1) is 5.10 Å². The highest BCUT2D eigenvalue weighted by Crippen LogP contribution is 2.12. The first-order chi connectivity index (χ1) is 9.70. The van der Waals surface area contributed by atoms with Gasteiger partial charge in [0.1, 0.15) is 17.2 Å². The molecule has 0 atom stereocenters. The van der Waals surface area contributed by atoms with Gasteiger partial charge in [-0.25, -0.2) is 0 Å². The Morgan fingerprint density at radius 3 is 2.80 bits per heavy atom. The zero-order valence-corrected chi connectivity index (χ0v) is 12.4. The molecule has 106 valence electrons. The lowest BCUT2D eigenvalue weighted by Gasteiger charge is -2.07. The van der Waals surface area contributed by atoms with E-state index in [-0.39, 0.29) is 5.91 Å². The molecule has 0 aliphatic rings. The lowest BCUT2D eigenvalue weighted by Crippen LogP contribution is -2.28. The van der Waals surface area contributed by atoms with Gasteiger partial charge in [0.25, 0.3) is 5.91 Å². The number of carbonyl (C=O) groups is 1. The molecule has 6 heteroatoms. The average Bonchev–Trinajstić information content (AvgIpc) is 2.94. The average molecular weight is 291 g/mol. The molecule has 0 saturated carbocycles. The van der Waals surface area contributed by atoms with Gasteiger partial charge in [0.2, 0.25) is 0 Å². The van der Waals surface area contributed by atoms with Gasteiger partial charge in [0, 0.05) is 0 Å². The summed E-state index contributed by atoms with van der Waals surface area (Å²) in [6.45, 7) is 4.86. The Morgan fingerprint density at radius 1 is 1.35 bits per heavy atom. The van der Waals surface area contributed by atoms with E-state index in [0.717, 1.165) is 23.0 Å². The van der Waals surface area contributed by atoms with Crippen LogP contribution in [0.25, 0.3) is 0 Å². The van der Waals surface area contributed by atoms with Crippen LogP contribution in [0.3, 0.4) is 0 Å². The number of aromatic nitrogens is 2. The molecule has 1 aromatic heterocycles. The standard InChI is InChI=1S/C14H17N3O2S/c1-3-12-13(20-17-16-12)14(18)15-8-9-19-11-6-4-10(2)5-7-11/h4-7H,3,8-9H2,1-2H3,(H,15,18). The molecule has 0 bridgehead atoms. The number of nitrogens with zero attached hydrogens (tertiary/aromatic N) is 2. The highest BCUT2D eigenvalue weighted by molar-refractivity contribution is 7.08. The second-order valence-corrected chi connectivity index (χ2v) is 5.07. The van der Waals surface area contributed by atoms with E-state index in [2.05, 4.69) is 14.9 Å². The van der Waals surface area contributed by atoms with E-state index in [9.17, 15) is 4.79 Å². The molecule has 0 fully saturated rings. The zero-order chi connectivity index (χ0) is 14.4. The second-order valence-electron chi connectivity index (χ2n) is 4.32. The summed E-state index contributed by atoms with van der Waals surface area (Å²) in [5, 5.41) is 6.72. The molecule has 0 radical (unpaired) electrons. The quantitative estimate of drug-likeness (QED) is 0.829. The predicted octanol–water partition coefficient (Wildman–Crippen LogP) is 2.22. The van der Waals surface area contributed by atoms with Crippen LogP contribution in [0.15, 0.2) is 24.3 Å². The van der Waals surface area contributed by atoms with Gasteiger partial charge in [-0.2, -0.15) is 0 Å². The maximum absolute atomic E-state index is 11.9. The molecule has 0 aliphatic carbocycles. The van der Waals surface area contributed by atoms with Gasteiger partial charge in [0.15, 0.2) is 0 Å². The minimum atomic E-state index is -0.135. The molecule has 1 amide bonds. The number of rotatable bonds is 6. The number of hydrogen-bond acceptors (Lipinski definition) is 5. The van der Waals surface area contributed by atoms with E-state index in [1.807, 2.05) is 38.1 Å². The number of aryl methyl sites for hydroxylation is 2. The van der Waals surface area contributed by atoms with Crippen molar-refractivity contribution in [2.24, 2.45) is 0 Å². The Balaban J connectivity index is 1.76. The van der Waals surface area contributed by atoms with Gasteiger partial charge in [-0.05, 0) is 37.0 Å². The fourth-order valence-corrected chi connectivity index (χ4v) is 2.33. The first-order valence-electron chi connectivity index (χ1n) is 6.49. The predicted molar refractivity (Wildman–Crippen MR) is 78.3 cm³/mol. The Kier molecular flexibility index (Phi) is 5.06. The number of hydrogen-bond donors (Lipinski definition) is 1. The van der Waals surface area contributed by atoms with Crippen LogP contribution in [0.2, 0.25) is 0 Å². The van der Waals surface area contributed by atoms with E-state index in [0.29, 0.717) is 24.4 Å². The van der Waals surface area contributed by atoms with Crippen molar-refractivity contribution in [3.63, 3.8) is 0 Å². The zero-order valence-electron chi connectivity index (χ0n) is 11.5. The summed E-state index contributed by atoms with van der Waals surface area (Å²) in [6.07, 6.45) is 0.707. The highest BCUT2D eigenvalue weighted by atomic mass is 32.1. The number of amides is 1. The lowest BCUT2D eigenvalue weighted by molar-refractivity contribution is 0.0950. The van der Waals surface area contributed by atoms with Gasteiger partial charge in [-0.1, -0.05) is 29.1 Å². The first-order valence-corrected chi connectivity index (χ1v) is 7.27. The van der Waals surface area contributed by atoms with Crippen LogP contribution in [0.1, 0.15) is 27.9 Å². The van der Waals surface area contributed by atoms with Crippen LogP contribution < -0.4 is 10.1 Å². The van der Waals surface area contributed by atoms with E-state index < -0.39 is 0 Å². The van der Waals surface area contributed by atoms with Crippen LogP contribution in [0.5, 0.6) is 5.75 Å². The normalized spacial score (nSPS) is 10.3. The maximum atomic E-state index is 11.9. The van der Waals surface area contributed by atoms with Crippen molar-refractivity contribution in [3.05, 3.63) is 40.4 Å². The van der Waals surface area contributed by atoms with Crippen LogP contribution in [-0.2, 0) is 6.42 Å². The second kappa shape index (κ2) is 7.00. The first kappa shape index (κ1) is 14.5. The smallest absolute Gasteiger partial charge is 0.265 e. The van der Waals surface area contributed by atoms with E-state index in [1.165, 1.54) is 5.56 Å². The third-order valence-electron chi connectivity index (χ3n) is 2.77. The summed E-state index contributed by atoms with van der Waals surface area (Å²) in [5.41, 5.74) is 1.93. The molecule has 0 saturated heterocycles. The van der Waals surface area contributed by atoms with Crippen molar-refractivity contribution in [1.29, 1.82) is 0 Å². The molecule has 5 nitrogen and oxygen atoms in total. The van der Waals surface area contributed by atoms with Crippen molar-refractivity contribution in [1.82, 2.24) is 14.9 Å². The Bertz CT molecular complexity index is 566. The van der Waals surface area contributed by atoms with Crippen molar-refractivity contribution in [3.8, 4) is 5.75 Å². The van der Waals surface area contributed by atoms with Crippen LogP contribution >= 0.6 is 11.5 Å². The third kappa shape index (κ3) is 3.77. The van der Waals surface area contributed by atoms with E-state index >= 15 is 0 Å². The fourth-order valence-electron chi connectivity index (χ4n) is 1.66. The molecule has 1 N–H and O–H groups in total. The van der Waals surface area contributed by atoms with Crippen LogP contribution in [0.4, 0.5) is 0 Å². The number of benzene rings is 1. The van der Waals surface area contributed by atoms with E-state index in [4.69, 9.17) is 4.74 Å². The number of ether oxygens (including phenoxy) is 1. The summed E-state index contributed by atoms with van der Waals surface area (Å²) in [4.78, 5) is 12.5. The Hall–Kier alpha value is -1.95. The largest absolute Gasteiger partial charge is 0.492 e. The summed E-state index contributed by atoms with van der Waals surface area (Å²) in [6, 6.07) is 7.81. The molecule has 20 heavy (non-hydrogen) atoms. The van der Waals surface area contributed by atoms with Crippen molar-refractivity contribution in [2.45, 2.75) is 20.3 Å². The van der Waals surface area contributed by atoms with Crippen molar-refractivity contribution in [2.75, 3.05) is 13.2 Å². The van der Waals surface area contributed by atoms with Gasteiger partial charge >= 0.3 is 0 Å². The highest BCUT2D eigenvalue weighted by Gasteiger charge is 2.14. The number of nitrogens with one attached hydrogen (secondary N) is 1. The maximum Gasteiger partial charge on any atom is 0.265 e. The third-order valence-corrected chi connectivity index (χ3v) is 3.54. The van der Waals surface area contributed by atoms with Crippen molar-refractivity contribution < 1.29 is 9.53 Å². The monoisotopic (exact) mass is 291 g/mol. The topological polar surface area (TPSA) is 64.1 Å². The Morgan fingerprint density at radius 2 is 2.10 bits per heavy atom. The Labute approximate surface area is 122 Å². The molecule has 2 rings (SSSR count). The molecule has 1 aromatic carbocycles. The van der Waals surface area contributed by atoms with E-state index in [1.54, 1.807) is 0 Å². The summed E-state index contributed by atoms with van der Waals surface area (Å²) in [7, 11) is 0. The van der Waals surface area contributed by atoms with Crippen LogP contribution in [0, 0.1) is 6.92 Å².